The topological polar surface area (TPSA) is 29.1 Å². The van der Waals surface area contributed by atoms with E-state index in [0.29, 0.717) is 11.6 Å². The Bertz CT molecular complexity index is 401. The first kappa shape index (κ1) is 10.7. The summed E-state index contributed by atoms with van der Waals surface area (Å²) in [5, 5.41) is 3.56. The summed E-state index contributed by atoms with van der Waals surface area (Å²) in [5.41, 5.74) is 3.27. The Morgan fingerprint density at radius 3 is 3.00 bits per heavy atom. The van der Waals surface area contributed by atoms with Crippen LogP contribution in [0.5, 0.6) is 0 Å². The van der Waals surface area contributed by atoms with Gasteiger partial charge in [-0.05, 0) is 49.6 Å². The van der Waals surface area contributed by atoms with Gasteiger partial charge in [-0.25, -0.2) is 0 Å². The molecule has 3 heteroatoms. The third-order valence-electron chi connectivity index (χ3n) is 2.82. The van der Waals surface area contributed by atoms with Gasteiger partial charge in [0, 0.05) is 10.6 Å². The van der Waals surface area contributed by atoms with Gasteiger partial charge in [-0.1, -0.05) is 11.6 Å². The van der Waals surface area contributed by atoms with E-state index in [0.717, 1.165) is 24.8 Å². The molecule has 80 valence electrons. The molecule has 0 saturated carbocycles. The number of rotatable bonds is 3. The highest BCUT2D eigenvalue weighted by molar-refractivity contribution is 6.31. The summed E-state index contributed by atoms with van der Waals surface area (Å²) in [6.07, 6.45) is 3.20. The summed E-state index contributed by atoms with van der Waals surface area (Å²) in [4.78, 5) is 11.8. The van der Waals surface area contributed by atoms with E-state index in [1.54, 1.807) is 13.1 Å². The van der Waals surface area contributed by atoms with Gasteiger partial charge < -0.3 is 5.32 Å². The molecule has 0 fully saturated rings. The van der Waals surface area contributed by atoms with E-state index in [1.165, 1.54) is 11.1 Å². The lowest BCUT2D eigenvalue weighted by Gasteiger charge is -2.08. The van der Waals surface area contributed by atoms with Gasteiger partial charge in [-0.15, -0.1) is 0 Å². The molecular weight excluding hydrogens is 210 g/mol. The van der Waals surface area contributed by atoms with Crippen LogP contribution in [0, 0.1) is 0 Å². The fourth-order valence-corrected chi connectivity index (χ4v) is 2.41. The van der Waals surface area contributed by atoms with E-state index < -0.39 is 0 Å². The van der Waals surface area contributed by atoms with Crippen LogP contribution in [0.25, 0.3) is 0 Å². The van der Waals surface area contributed by atoms with Crippen molar-refractivity contribution in [3.8, 4) is 0 Å². The Hall–Kier alpha value is -0.860. The van der Waals surface area contributed by atoms with Gasteiger partial charge in [0.15, 0.2) is 5.78 Å². The number of likely N-dealkylation sites (N-methyl/N-ethyl adjacent to an activating group) is 1. The van der Waals surface area contributed by atoms with Gasteiger partial charge >= 0.3 is 0 Å². The fraction of sp³-hybridized carbons (Fsp3) is 0.417. The van der Waals surface area contributed by atoms with Crippen LogP contribution in [0.1, 0.15) is 27.9 Å². The summed E-state index contributed by atoms with van der Waals surface area (Å²) in [6, 6.07) is 3.78. The van der Waals surface area contributed by atoms with Crippen molar-refractivity contribution >= 4 is 17.4 Å². The number of hydrogen-bond acceptors (Lipinski definition) is 2. The molecule has 2 rings (SSSR count). The second-order valence-electron chi connectivity index (χ2n) is 3.90. The van der Waals surface area contributed by atoms with Crippen molar-refractivity contribution in [1.29, 1.82) is 0 Å². The zero-order chi connectivity index (χ0) is 10.8. The Morgan fingerprint density at radius 2 is 2.27 bits per heavy atom. The predicted octanol–water partition coefficient (Wildman–Crippen LogP) is 2.23. The molecule has 2 nitrogen and oxygen atoms in total. The molecule has 0 atom stereocenters. The first-order chi connectivity index (χ1) is 7.22. The SMILES string of the molecule is CNCC(=O)c1cc(Cl)cc2c1CCC2. The summed E-state index contributed by atoms with van der Waals surface area (Å²) in [5.74, 6) is 0.137. The molecule has 0 spiro atoms. The van der Waals surface area contributed by atoms with Crippen molar-refractivity contribution in [1.82, 2.24) is 5.32 Å². The van der Waals surface area contributed by atoms with Gasteiger partial charge in [0.2, 0.25) is 0 Å². The highest BCUT2D eigenvalue weighted by Crippen LogP contribution is 2.29. The second kappa shape index (κ2) is 4.33. The van der Waals surface area contributed by atoms with Crippen LogP contribution >= 0.6 is 11.6 Å². The molecule has 1 aromatic rings. The maximum absolute atomic E-state index is 11.8. The first-order valence-electron chi connectivity index (χ1n) is 5.21. The Labute approximate surface area is 94.6 Å². The summed E-state index contributed by atoms with van der Waals surface area (Å²) in [6.45, 7) is 0.382. The van der Waals surface area contributed by atoms with Crippen molar-refractivity contribution in [3.63, 3.8) is 0 Å². The minimum Gasteiger partial charge on any atom is -0.313 e. The number of carbonyl (C=O) groups excluding carboxylic acids is 1. The van der Waals surface area contributed by atoms with Gasteiger partial charge in [0.25, 0.3) is 0 Å². The van der Waals surface area contributed by atoms with E-state index in [2.05, 4.69) is 5.32 Å². The van der Waals surface area contributed by atoms with Gasteiger partial charge in [-0.3, -0.25) is 4.79 Å². The lowest BCUT2D eigenvalue weighted by Crippen LogP contribution is -2.19. The zero-order valence-electron chi connectivity index (χ0n) is 8.77. The molecule has 0 heterocycles. The third kappa shape index (κ3) is 2.06. The Kier molecular flexibility index (Phi) is 3.08. The van der Waals surface area contributed by atoms with Crippen molar-refractivity contribution in [2.75, 3.05) is 13.6 Å². The molecular formula is C12H14ClNO. The van der Waals surface area contributed by atoms with Crippen molar-refractivity contribution in [2.45, 2.75) is 19.3 Å². The van der Waals surface area contributed by atoms with E-state index in [9.17, 15) is 4.79 Å². The standard InChI is InChI=1S/C12H14ClNO/c1-14-7-12(15)11-6-9(13)5-8-3-2-4-10(8)11/h5-6,14H,2-4,7H2,1H3. The summed E-state index contributed by atoms with van der Waals surface area (Å²) >= 11 is 6.00. The average molecular weight is 224 g/mol. The van der Waals surface area contributed by atoms with Crippen LogP contribution in [0.3, 0.4) is 0 Å². The third-order valence-corrected chi connectivity index (χ3v) is 3.04. The van der Waals surface area contributed by atoms with Crippen LogP contribution < -0.4 is 5.32 Å². The zero-order valence-corrected chi connectivity index (χ0v) is 9.53. The maximum atomic E-state index is 11.8. The largest absolute Gasteiger partial charge is 0.313 e. The molecule has 0 radical (unpaired) electrons. The molecule has 0 bridgehead atoms. The number of nitrogens with one attached hydrogen (secondary N) is 1. The quantitative estimate of drug-likeness (QED) is 0.797. The molecule has 1 aromatic carbocycles. The second-order valence-corrected chi connectivity index (χ2v) is 4.33. The minimum atomic E-state index is 0.137. The number of halogens is 1. The maximum Gasteiger partial charge on any atom is 0.176 e. The molecule has 0 unspecified atom stereocenters. The predicted molar refractivity (Wildman–Crippen MR) is 61.7 cm³/mol. The number of aryl methyl sites for hydroxylation is 1. The van der Waals surface area contributed by atoms with Crippen molar-refractivity contribution < 1.29 is 4.79 Å². The van der Waals surface area contributed by atoms with E-state index in [4.69, 9.17) is 11.6 Å². The smallest absolute Gasteiger partial charge is 0.176 e. The van der Waals surface area contributed by atoms with Crippen LogP contribution in [0.15, 0.2) is 12.1 Å². The summed E-state index contributed by atoms with van der Waals surface area (Å²) < 4.78 is 0. The number of benzene rings is 1. The molecule has 0 saturated heterocycles. The number of carbonyl (C=O) groups is 1. The first-order valence-corrected chi connectivity index (χ1v) is 5.59. The van der Waals surface area contributed by atoms with Gasteiger partial charge in [0.1, 0.15) is 0 Å². The highest BCUT2D eigenvalue weighted by Gasteiger charge is 2.19. The molecule has 0 aliphatic heterocycles. The minimum absolute atomic E-state index is 0.137. The van der Waals surface area contributed by atoms with Crippen LogP contribution in [-0.4, -0.2) is 19.4 Å². The van der Waals surface area contributed by atoms with Gasteiger partial charge in [0.05, 0.1) is 6.54 Å². The molecule has 1 aliphatic rings. The average Bonchev–Trinajstić information content (AvgIpc) is 2.64. The monoisotopic (exact) mass is 223 g/mol. The van der Waals surface area contributed by atoms with Crippen LogP contribution in [0.4, 0.5) is 0 Å². The molecule has 15 heavy (non-hydrogen) atoms. The van der Waals surface area contributed by atoms with Gasteiger partial charge in [-0.2, -0.15) is 0 Å². The van der Waals surface area contributed by atoms with Crippen LogP contribution in [-0.2, 0) is 12.8 Å². The number of ketones is 1. The molecule has 0 amide bonds. The van der Waals surface area contributed by atoms with Crippen LogP contribution in [0.2, 0.25) is 5.02 Å². The fourth-order valence-electron chi connectivity index (χ4n) is 2.17. The molecule has 1 N–H and O–H groups in total. The van der Waals surface area contributed by atoms with E-state index >= 15 is 0 Å². The van der Waals surface area contributed by atoms with E-state index in [-0.39, 0.29) is 5.78 Å². The Morgan fingerprint density at radius 1 is 1.47 bits per heavy atom. The number of hydrogen-bond donors (Lipinski definition) is 1. The molecule has 0 aromatic heterocycles. The normalized spacial score (nSPS) is 14.0. The number of fused-ring (bicyclic) bond motifs is 1. The highest BCUT2D eigenvalue weighted by atomic mass is 35.5. The van der Waals surface area contributed by atoms with E-state index in [1.807, 2.05) is 6.07 Å². The van der Waals surface area contributed by atoms with Crippen molar-refractivity contribution in [3.05, 3.63) is 33.8 Å². The lowest BCUT2D eigenvalue weighted by atomic mass is 10.00. The summed E-state index contributed by atoms with van der Waals surface area (Å²) in [7, 11) is 1.78. The molecule has 1 aliphatic carbocycles. The Balaban J connectivity index is 2.42. The van der Waals surface area contributed by atoms with Crippen molar-refractivity contribution in [2.24, 2.45) is 0 Å². The lowest BCUT2D eigenvalue weighted by molar-refractivity contribution is 0.0993. The number of Topliss-reactive ketones (excluding diaryl/α,β-unsaturated/α-hetero) is 1.